The van der Waals surface area contributed by atoms with Gasteiger partial charge in [0.1, 0.15) is 0 Å². The van der Waals surface area contributed by atoms with Crippen LogP contribution in [0.1, 0.15) is 22.3 Å². The molecule has 0 heterocycles. The molecule has 0 atom stereocenters. The first-order chi connectivity index (χ1) is 15.5. The fraction of sp³-hybridized carbons (Fsp3) is 0.0714. The molecule has 0 fully saturated rings. The van der Waals surface area contributed by atoms with Gasteiger partial charge in [0.15, 0.2) is 0 Å². The van der Waals surface area contributed by atoms with Gasteiger partial charge in [-0.3, -0.25) is 0 Å². The smallest absolute Gasteiger partial charge is 0.423 e. The van der Waals surface area contributed by atoms with Crippen molar-refractivity contribution in [3.8, 4) is 0 Å². The van der Waals surface area contributed by atoms with Gasteiger partial charge in [-0.25, -0.2) is 0 Å². The summed E-state index contributed by atoms with van der Waals surface area (Å²) in [6.07, 6.45) is 4.07. The van der Waals surface area contributed by atoms with Crippen LogP contribution in [-0.2, 0) is 0 Å². The van der Waals surface area contributed by atoms with Crippen molar-refractivity contribution in [2.45, 2.75) is 13.8 Å². The number of hydrogen-bond acceptors (Lipinski definition) is 3. The number of anilines is 3. The highest BCUT2D eigenvalue weighted by Crippen LogP contribution is 2.34. The monoisotopic (exact) mass is 419 g/mol. The minimum Gasteiger partial charge on any atom is -0.423 e. The number of hydrogen-bond donors (Lipinski definition) is 2. The Hall–Kier alpha value is -3.60. The lowest BCUT2D eigenvalue weighted by molar-refractivity contribution is 0.426. The van der Waals surface area contributed by atoms with E-state index >= 15 is 0 Å². The molecule has 0 aromatic heterocycles. The van der Waals surface area contributed by atoms with E-state index in [4.69, 9.17) is 0 Å². The molecule has 2 N–H and O–H groups in total. The minimum absolute atomic E-state index is 0.485. The van der Waals surface area contributed by atoms with Gasteiger partial charge in [-0.15, -0.1) is 0 Å². The number of nitrogens with zero attached hydrogens (tertiary/aromatic N) is 1. The van der Waals surface area contributed by atoms with Gasteiger partial charge in [0.2, 0.25) is 0 Å². The largest absolute Gasteiger partial charge is 0.488 e. The third-order valence-electron chi connectivity index (χ3n) is 5.44. The second-order valence-electron chi connectivity index (χ2n) is 7.97. The van der Waals surface area contributed by atoms with Crippen LogP contribution in [0.2, 0.25) is 0 Å². The van der Waals surface area contributed by atoms with E-state index in [0.29, 0.717) is 5.46 Å². The van der Waals surface area contributed by atoms with Crippen LogP contribution in [0, 0.1) is 13.8 Å². The van der Waals surface area contributed by atoms with Crippen molar-refractivity contribution >= 4 is 41.8 Å². The Balaban J connectivity index is 1.60. The molecule has 158 valence electrons. The first-order valence-electron chi connectivity index (χ1n) is 10.7. The van der Waals surface area contributed by atoms with Crippen molar-refractivity contribution in [1.82, 2.24) is 0 Å². The molecule has 32 heavy (non-hydrogen) atoms. The molecule has 4 rings (SSSR count). The predicted octanol–water partition coefficient (Wildman–Crippen LogP) is 5.62. The van der Waals surface area contributed by atoms with Gasteiger partial charge >= 0.3 is 7.12 Å². The molecule has 4 heteroatoms. The van der Waals surface area contributed by atoms with Crippen molar-refractivity contribution in [2.75, 3.05) is 4.90 Å². The zero-order chi connectivity index (χ0) is 22.5. The Morgan fingerprint density at radius 3 is 1.25 bits per heavy atom. The quantitative estimate of drug-likeness (QED) is 0.315. The zero-order valence-electron chi connectivity index (χ0n) is 18.3. The maximum absolute atomic E-state index is 9.22. The lowest BCUT2D eigenvalue weighted by Gasteiger charge is -2.25. The van der Waals surface area contributed by atoms with Gasteiger partial charge in [-0.1, -0.05) is 83.9 Å². The number of aryl methyl sites for hydroxylation is 2. The minimum atomic E-state index is -1.44. The van der Waals surface area contributed by atoms with Crippen LogP contribution >= 0.6 is 0 Å². The van der Waals surface area contributed by atoms with Crippen LogP contribution in [-0.4, -0.2) is 17.2 Å². The Kier molecular flexibility index (Phi) is 6.55. The van der Waals surface area contributed by atoms with Crippen molar-refractivity contribution in [3.05, 3.63) is 119 Å². The Morgan fingerprint density at radius 2 is 0.875 bits per heavy atom. The third-order valence-corrected chi connectivity index (χ3v) is 5.44. The van der Waals surface area contributed by atoms with Crippen molar-refractivity contribution < 1.29 is 10.0 Å². The number of benzene rings is 4. The second kappa shape index (κ2) is 9.69. The van der Waals surface area contributed by atoms with E-state index in [9.17, 15) is 10.0 Å². The molecule has 0 aliphatic rings. The zero-order valence-corrected chi connectivity index (χ0v) is 18.3. The van der Waals surface area contributed by atoms with Crippen LogP contribution in [0.5, 0.6) is 0 Å². The van der Waals surface area contributed by atoms with Gasteiger partial charge in [-0.05, 0) is 66.8 Å². The molecule has 0 amide bonds. The summed E-state index contributed by atoms with van der Waals surface area (Å²) in [5.41, 5.74) is 8.38. The first kappa shape index (κ1) is 21.6. The predicted molar refractivity (Wildman–Crippen MR) is 136 cm³/mol. The van der Waals surface area contributed by atoms with Gasteiger partial charge in [0.05, 0.1) is 0 Å². The van der Waals surface area contributed by atoms with E-state index in [-0.39, 0.29) is 0 Å². The molecule has 0 aliphatic carbocycles. The van der Waals surface area contributed by atoms with Crippen LogP contribution in [0.3, 0.4) is 0 Å². The van der Waals surface area contributed by atoms with Crippen LogP contribution < -0.4 is 10.4 Å². The van der Waals surface area contributed by atoms with Crippen molar-refractivity contribution in [1.29, 1.82) is 0 Å². The SMILES string of the molecule is Cc1ccc(N(c2ccc(C)cc2)c2ccc(C=Cc3ccc(B(O)O)cc3)cc2)cc1. The summed E-state index contributed by atoms with van der Waals surface area (Å²) in [6.45, 7) is 4.20. The van der Waals surface area contributed by atoms with E-state index in [1.807, 2.05) is 18.2 Å². The Morgan fingerprint density at radius 1 is 0.531 bits per heavy atom. The molecule has 4 aromatic rings. The van der Waals surface area contributed by atoms with E-state index < -0.39 is 7.12 Å². The van der Waals surface area contributed by atoms with Crippen molar-refractivity contribution in [3.63, 3.8) is 0 Å². The lowest BCUT2D eigenvalue weighted by Crippen LogP contribution is -2.29. The third kappa shape index (κ3) is 5.17. The van der Waals surface area contributed by atoms with E-state index in [1.165, 1.54) is 11.1 Å². The van der Waals surface area contributed by atoms with E-state index in [2.05, 4.69) is 97.6 Å². The van der Waals surface area contributed by atoms with Gasteiger partial charge in [-0.2, -0.15) is 0 Å². The van der Waals surface area contributed by atoms with E-state index in [0.717, 1.165) is 28.2 Å². The van der Waals surface area contributed by atoms with Crippen molar-refractivity contribution in [2.24, 2.45) is 0 Å². The summed E-state index contributed by atoms with van der Waals surface area (Å²) in [5, 5.41) is 18.4. The topological polar surface area (TPSA) is 43.7 Å². The summed E-state index contributed by atoms with van der Waals surface area (Å²) >= 11 is 0. The summed E-state index contributed by atoms with van der Waals surface area (Å²) in [5.74, 6) is 0. The normalized spacial score (nSPS) is 11.0. The molecule has 0 unspecified atom stereocenters. The average Bonchev–Trinajstić information content (AvgIpc) is 2.81. The highest BCUT2D eigenvalue weighted by Gasteiger charge is 2.12. The highest BCUT2D eigenvalue weighted by molar-refractivity contribution is 6.58. The fourth-order valence-electron chi connectivity index (χ4n) is 3.54. The molecular weight excluding hydrogens is 393 g/mol. The van der Waals surface area contributed by atoms with Gasteiger partial charge in [0, 0.05) is 17.1 Å². The average molecular weight is 419 g/mol. The van der Waals surface area contributed by atoms with Crippen LogP contribution in [0.25, 0.3) is 12.2 Å². The van der Waals surface area contributed by atoms with Crippen LogP contribution in [0.4, 0.5) is 17.1 Å². The maximum atomic E-state index is 9.22. The molecular formula is C28H26BNO2. The molecule has 0 radical (unpaired) electrons. The fourth-order valence-corrected chi connectivity index (χ4v) is 3.54. The lowest BCUT2D eigenvalue weighted by atomic mass is 9.80. The summed E-state index contributed by atoms with van der Waals surface area (Å²) in [4.78, 5) is 2.26. The standard InChI is InChI=1S/C28H26BNO2/c1-21-3-15-26(16-4-21)30(27-17-5-22(2)6-18-27)28-19-11-24(12-20-28)8-7-23-9-13-25(14-10-23)29(31)32/h3-20,31-32H,1-2H3. The number of rotatable bonds is 6. The summed E-state index contributed by atoms with van der Waals surface area (Å²) < 4.78 is 0. The molecule has 0 spiro atoms. The highest BCUT2D eigenvalue weighted by atomic mass is 16.4. The van der Waals surface area contributed by atoms with E-state index in [1.54, 1.807) is 12.1 Å². The maximum Gasteiger partial charge on any atom is 0.488 e. The molecule has 4 aromatic carbocycles. The van der Waals surface area contributed by atoms with Crippen LogP contribution in [0.15, 0.2) is 97.1 Å². The molecule has 3 nitrogen and oxygen atoms in total. The second-order valence-corrected chi connectivity index (χ2v) is 7.97. The first-order valence-corrected chi connectivity index (χ1v) is 10.7. The Labute approximate surface area is 190 Å². The van der Waals surface area contributed by atoms with Gasteiger partial charge in [0.25, 0.3) is 0 Å². The summed E-state index contributed by atoms with van der Waals surface area (Å²) in [7, 11) is -1.44. The Bertz CT molecular complexity index is 1130. The summed E-state index contributed by atoms with van der Waals surface area (Å²) in [6, 6.07) is 32.8. The molecule has 0 saturated heterocycles. The van der Waals surface area contributed by atoms with Gasteiger partial charge < -0.3 is 14.9 Å². The molecule has 0 aliphatic heterocycles. The molecule has 0 saturated carbocycles. The molecule has 0 bridgehead atoms.